The predicted molar refractivity (Wildman–Crippen MR) is 79.5 cm³/mol. The zero-order valence-electron chi connectivity index (χ0n) is 12.0. The van der Waals surface area contributed by atoms with Gasteiger partial charge >= 0.3 is 0 Å². The third-order valence-electron chi connectivity index (χ3n) is 4.19. The van der Waals surface area contributed by atoms with Crippen LogP contribution in [0.3, 0.4) is 0 Å². The molecule has 0 bridgehead atoms. The van der Waals surface area contributed by atoms with Crippen LogP contribution in [0.15, 0.2) is 0 Å². The van der Waals surface area contributed by atoms with Gasteiger partial charge in [0.15, 0.2) is 0 Å². The summed E-state index contributed by atoms with van der Waals surface area (Å²) in [6.07, 6.45) is 6.93. The van der Waals surface area contributed by atoms with Crippen molar-refractivity contribution in [3.63, 3.8) is 0 Å². The van der Waals surface area contributed by atoms with Crippen molar-refractivity contribution in [1.82, 2.24) is 10.6 Å². The average Bonchev–Trinajstić information content (AvgIpc) is 2.88. The molecular formula is C14H26N2O2S. The van der Waals surface area contributed by atoms with E-state index in [0.717, 1.165) is 19.4 Å². The molecule has 0 aromatic carbocycles. The zero-order chi connectivity index (χ0) is 13.7. The first-order chi connectivity index (χ1) is 9.24. The van der Waals surface area contributed by atoms with Gasteiger partial charge in [-0.05, 0) is 32.1 Å². The van der Waals surface area contributed by atoms with Crippen LogP contribution in [0.25, 0.3) is 0 Å². The Hall–Kier alpha value is -0.260. The first kappa shape index (κ1) is 15.1. The summed E-state index contributed by atoms with van der Waals surface area (Å²) in [6.45, 7) is 4.17. The molecule has 4 nitrogen and oxygen atoms in total. The maximum absolute atomic E-state index is 12.4. The number of rotatable bonds is 5. The van der Waals surface area contributed by atoms with Gasteiger partial charge in [0.25, 0.3) is 0 Å². The molecule has 5 heteroatoms. The Morgan fingerprint density at radius 3 is 2.95 bits per heavy atom. The molecule has 0 spiro atoms. The number of thioether (sulfide) groups is 1. The Morgan fingerprint density at radius 2 is 2.21 bits per heavy atom. The van der Waals surface area contributed by atoms with E-state index in [9.17, 15) is 4.79 Å². The Labute approximate surface area is 120 Å². The second-order valence-electron chi connectivity index (χ2n) is 5.54. The van der Waals surface area contributed by atoms with Crippen LogP contribution in [0.2, 0.25) is 0 Å². The average molecular weight is 286 g/mol. The molecule has 19 heavy (non-hydrogen) atoms. The molecule has 0 radical (unpaired) electrons. The van der Waals surface area contributed by atoms with Gasteiger partial charge in [-0.1, -0.05) is 13.3 Å². The molecule has 2 N–H and O–H groups in total. The van der Waals surface area contributed by atoms with Crippen LogP contribution >= 0.6 is 11.8 Å². The largest absolute Gasteiger partial charge is 0.379 e. The van der Waals surface area contributed by atoms with E-state index in [1.54, 1.807) is 0 Å². The SMILES string of the molecule is CCNC1COCC1C(=O)NC1CCCC(SC)C1. The van der Waals surface area contributed by atoms with Gasteiger partial charge in [-0.3, -0.25) is 4.79 Å². The van der Waals surface area contributed by atoms with E-state index in [1.165, 1.54) is 12.8 Å². The van der Waals surface area contributed by atoms with Crippen LogP contribution in [-0.4, -0.2) is 49.3 Å². The van der Waals surface area contributed by atoms with Crippen LogP contribution in [0, 0.1) is 5.92 Å². The molecular weight excluding hydrogens is 260 g/mol. The predicted octanol–water partition coefficient (Wildman–Crippen LogP) is 1.40. The fourth-order valence-corrected chi connectivity index (χ4v) is 3.90. The minimum absolute atomic E-state index is 0.0189. The smallest absolute Gasteiger partial charge is 0.227 e. The molecule has 4 unspecified atom stereocenters. The highest BCUT2D eigenvalue weighted by Gasteiger charge is 2.35. The third kappa shape index (κ3) is 4.10. The third-order valence-corrected chi connectivity index (χ3v) is 5.28. The maximum Gasteiger partial charge on any atom is 0.227 e. The van der Waals surface area contributed by atoms with Gasteiger partial charge in [-0.2, -0.15) is 11.8 Å². The van der Waals surface area contributed by atoms with Crippen molar-refractivity contribution in [3.8, 4) is 0 Å². The molecule has 1 saturated carbocycles. The van der Waals surface area contributed by atoms with E-state index in [0.29, 0.717) is 24.5 Å². The van der Waals surface area contributed by atoms with E-state index in [1.807, 2.05) is 11.8 Å². The highest BCUT2D eigenvalue weighted by Crippen LogP contribution is 2.27. The number of hydrogen-bond acceptors (Lipinski definition) is 4. The Kier molecular flexibility index (Phi) is 5.98. The summed E-state index contributed by atoms with van der Waals surface area (Å²) in [5.74, 6) is 0.157. The van der Waals surface area contributed by atoms with Gasteiger partial charge in [0.2, 0.25) is 5.91 Å². The standard InChI is InChI=1S/C14H26N2O2S/c1-3-15-13-9-18-8-12(13)14(17)16-10-5-4-6-11(7-10)19-2/h10-13,15H,3-9H2,1-2H3,(H,16,17). The number of nitrogens with one attached hydrogen (secondary N) is 2. The lowest BCUT2D eigenvalue weighted by Crippen LogP contribution is -2.48. The lowest BCUT2D eigenvalue weighted by Gasteiger charge is -2.30. The minimum atomic E-state index is -0.0189. The number of ether oxygens (including phenoxy) is 1. The number of amides is 1. The topological polar surface area (TPSA) is 50.4 Å². The highest BCUT2D eigenvalue weighted by atomic mass is 32.2. The van der Waals surface area contributed by atoms with Gasteiger partial charge in [-0.15, -0.1) is 0 Å². The van der Waals surface area contributed by atoms with Crippen LogP contribution in [0.5, 0.6) is 0 Å². The van der Waals surface area contributed by atoms with Gasteiger partial charge in [0, 0.05) is 17.3 Å². The fraction of sp³-hybridized carbons (Fsp3) is 0.929. The van der Waals surface area contributed by atoms with E-state index in [2.05, 4.69) is 23.8 Å². The Balaban J connectivity index is 1.82. The summed E-state index contributed by atoms with van der Waals surface area (Å²) in [5, 5.41) is 7.30. The number of likely N-dealkylation sites (N-methyl/N-ethyl adjacent to an activating group) is 1. The summed E-state index contributed by atoms with van der Waals surface area (Å²) in [7, 11) is 0. The minimum Gasteiger partial charge on any atom is -0.379 e. The molecule has 1 aliphatic carbocycles. The lowest BCUT2D eigenvalue weighted by atomic mass is 9.93. The molecule has 1 amide bonds. The van der Waals surface area contributed by atoms with Gasteiger partial charge in [-0.25, -0.2) is 0 Å². The molecule has 2 aliphatic rings. The highest BCUT2D eigenvalue weighted by molar-refractivity contribution is 7.99. The molecule has 1 aliphatic heterocycles. The zero-order valence-corrected chi connectivity index (χ0v) is 12.8. The molecule has 2 fully saturated rings. The summed E-state index contributed by atoms with van der Waals surface area (Å²) in [4.78, 5) is 12.4. The quantitative estimate of drug-likeness (QED) is 0.802. The van der Waals surface area contributed by atoms with Crippen LogP contribution < -0.4 is 10.6 Å². The molecule has 0 aromatic heterocycles. The van der Waals surface area contributed by atoms with Crippen molar-refractivity contribution < 1.29 is 9.53 Å². The molecule has 0 aromatic rings. The molecule has 4 atom stereocenters. The summed E-state index contributed by atoms with van der Waals surface area (Å²) in [5.41, 5.74) is 0. The molecule has 1 heterocycles. The Bertz CT molecular complexity index is 301. The molecule has 2 rings (SSSR count). The normalized spacial score (nSPS) is 35.3. The van der Waals surface area contributed by atoms with Crippen molar-refractivity contribution in [3.05, 3.63) is 0 Å². The second kappa shape index (κ2) is 7.50. The summed E-state index contributed by atoms with van der Waals surface area (Å²) in [6, 6.07) is 0.548. The van der Waals surface area contributed by atoms with E-state index in [4.69, 9.17) is 4.74 Å². The van der Waals surface area contributed by atoms with E-state index >= 15 is 0 Å². The summed E-state index contributed by atoms with van der Waals surface area (Å²) >= 11 is 1.93. The first-order valence-corrected chi connectivity index (χ1v) is 8.67. The summed E-state index contributed by atoms with van der Waals surface area (Å²) < 4.78 is 5.45. The van der Waals surface area contributed by atoms with E-state index < -0.39 is 0 Å². The maximum atomic E-state index is 12.4. The molecule has 110 valence electrons. The number of carbonyl (C=O) groups is 1. The van der Waals surface area contributed by atoms with Crippen molar-refractivity contribution >= 4 is 17.7 Å². The van der Waals surface area contributed by atoms with Crippen molar-refractivity contribution in [2.24, 2.45) is 5.92 Å². The fourth-order valence-electron chi connectivity index (χ4n) is 3.07. The van der Waals surface area contributed by atoms with Gasteiger partial charge in [0.05, 0.1) is 19.1 Å². The second-order valence-corrected chi connectivity index (χ2v) is 6.68. The van der Waals surface area contributed by atoms with Crippen LogP contribution in [0.1, 0.15) is 32.6 Å². The van der Waals surface area contributed by atoms with Crippen molar-refractivity contribution in [2.45, 2.75) is 49.9 Å². The first-order valence-electron chi connectivity index (χ1n) is 7.38. The van der Waals surface area contributed by atoms with Gasteiger partial charge < -0.3 is 15.4 Å². The van der Waals surface area contributed by atoms with Crippen LogP contribution in [-0.2, 0) is 9.53 Å². The monoisotopic (exact) mass is 286 g/mol. The van der Waals surface area contributed by atoms with E-state index in [-0.39, 0.29) is 17.9 Å². The van der Waals surface area contributed by atoms with Crippen molar-refractivity contribution in [1.29, 1.82) is 0 Å². The number of hydrogen-bond donors (Lipinski definition) is 2. The molecule has 1 saturated heterocycles. The van der Waals surface area contributed by atoms with Gasteiger partial charge in [0.1, 0.15) is 0 Å². The van der Waals surface area contributed by atoms with Crippen LogP contribution in [0.4, 0.5) is 0 Å². The Morgan fingerprint density at radius 1 is 1.37 bits per heavy atom. The van der Waals surface area contributed by atoms with Crippen molar-refractivity contribution in [2.75, 3.05) is 26.0 Å². The lowest BCUT2D eigenvalue weighted by molar-refractivity contribution is -0.126. The number of carbonyl (C=O) groups excluding carboxylic acids is 1.